The Morgan fingerprint density at radius 2 is 2.00 bits per heavy atom. The van der Waals surface area contributed by atoms with Crippen LogP contribution in [0.25, 0.3) is 0 Å². The summed E-state index contributed by atoms with van der Waals surface area (Å²) >= 11 is 12.1. The van der Waals surface area contributed by atoms with Crippen molar-refractivity contribution in [3.8, 4) is 0 Å². The average Bonchev–Trinajstić information content (AvgIpc) is 2.89. The number of benzene rings is 1. The molecule has 0 saturated carbocycles. The van der Waals surface area contributed by atoms with Crippen molar-refractivity contribution in [2.24, 2.45) is 0 Å². The topological polar surface area (TPSA) is 35.6 Å². The molecule has 0 spiro atoms. The van der Waals surface area contributed by atoms with Crippen molar-refractivity contribution in [3.05, 3.63) is 33.8 Å². The molecule has 23 heavy (non-hydrogen) atoms. The van der Waals surface area contributed by atoms with Crippen LogP contribution >= 0.6 is 23.2 Å². The molecule has 1 aromatic rings. The van der Waals surface area contributed by atoms with Crippen molar-refractivity contribution in [1.82, 2.24) is 15.1 Å². The van der Waals surface area contributed by atoms with Gasteiger partial charge in [0.25, 0.3) is 0 Å². The van der Waals surface area contributed by atoms with Gasteiger partial charge in [0.05, 0.1) is 22.6 Å². The smallest absolute Gasteiger partial charge is 0.237 e. The van der Waals surface area contributed by atoms with Crippen molar-refractivity contribution in [3.63, 3.8) is 0 Å². The van der Waals surface area contributed by atoms with Crippen LogP contribution in [0.2, 0.25) is 10.0 Å². The van der Waals surface area contributed by atoms with E-state index in [4.69, 9.17) is 23.2 Å². The lowest BCUT2D eigenvalue weighted by Gasteiger charge is -2.28. The second kappa shape index (κ2) is 7.84. The molecule has 1 atom stereocenters. The minimum atomic E-state index is 0.127. The predicted molar refractivity (Wildman–Crippen MR) is 94.1 cm³/mol. The molecule has 2 saturated heterocycles. The summed E-state index contributed by atoms with van der Waals surface area (Å²) in [5.41, 5.74) is 1.09. The molecule has 0 aliphatic carbocycles. The summed E-state index contributed by atoms with van der Waals surface area (Å²) in [6, 6.07) is 5.83. The van der Waals surface area contributed by atoms with Crippen LogP contribution in [0.4, 0.5) is 0 Å². The van der Waals surface area contributed by atoms with Gasteiger partial charge in [0.15, 0.2) is 0 Å². The zero-order valence-electron chi connectivity index (χ0n) is 13.2. The van der Waals surface area contributed by atoms with Crippen molar-refractivity contribution in [2.45, 2.75) is 25.3 Å². The van der Waals surface area contributed by atoms with Crippen LogP contribution in [0, 0.1) is 0 Å². The van der Waals surface area contributed by atoms with Crippen LogP contribution in [0.15, 0.2) is 18.2 Å². The fourth-order valence-corrected chi connectivity index (χ4v) is 3.78. The maximum atomic E-state index is 12.8. The number of amides is 1. The van der Waals surface area contributed by atoms with Crippen LogP contribution in [0.1, 0.15) is 30.9 Å². The Morgan fingerprint density at radius 3 is 2.83 bits per heavy atom. The fourth-order valence-electron chi connectivity index (χ4n) is 3.47. The van der Waals surface area contributed by atoms with Gasteiger partial charge in [-0.05, 0) is 50.0 Å². The summed E-state index contributed by atoms with van der Waals surface area (Å²) in [6.45, 7) is 5.28. The Balaban J connectivity index is 1.67. The van der Waals surface area contributed by atoms with Crippen molar-refractivity contribution in [2.75, 3.05) is 39.3 Å². The van der Waals surface area contributed by atoms with Gasteiger partial charge in [0, 0.05) is 19.6 Å². The fraction of sp³-hybridized carbons (Fsp3) is 0.588. The van der Waals surface area contributed by atoms with E-state index >= 15 is 0 Å². The largest absolute Gasteiger partial charge is 0.335 e. The Morgan fingerprint density at radius 1 is 1.13 bits per heavy atom. The van der Waals surface area contributed by atoms with E-state index in [0.717, 1.165) is 57.5 Å². The van der Waals surface area contributed by atoms with Gasteiger partial charge in [-0.25, -0.2) is 0 Å². The van der Waals surface area contributed by atoms with E-state index in [1.807, 2.05) is 23.1 Å². The Hall–Kier alpha value is -0.810. The second-order valence-corrected chi connectivity index (χ2v) is 7.11. The van der Waals surface area contributed by atoms with Gasteiger partial charge in [-0.3, -0.25) is 9.69 Å². The van der Waals surface area contributed by atoms with Gasteiger partial charge in [-0.2, -0.15) is 0 Å². The Bertz CT molecular complexity index is 559. The monoisotopic (exact) mass is 355 g/mol. The Kier molecular flexibility index (Phi) is 5.81. The van der Waals surface area contributed by atoms with E-state index in [9.17, 15) is 4.79 Å². The normalized spacial score (nSPS) is 23.0. The lowest BCUT2D eigenvalue weighted by atomic mass is 10.0. The molecule has 0 radical (unpaired) electrons. The Labute approximate surface area is 147 Å². The van der Waals surface area contributed by atoms with Crippen LogP contribution in [-0.2, 0) is 4.79 Å². The summed E-state index contributed by atoms with van der Waals surface area (Å²) in [6.07, 6.45) is 3.13. The van der Waals surface area contributed by atoms with Gasteiger partial charge >= 0.3 is 0 Å². The second-order valence-electron chi connectivity index (χ2n) is 6.30. The third-order valence-electron chi connectivity index (χ3n) is 4.69. The summed E-state index contributed by atoms with van der Waals surface area (Å²) in [4.78, 5) is 17.0. The van der Waals surface area contributed by atoms with Crippen molar-refractivity contribution >= 4 is 29.1 Å². The molecule has 126 valence electrons. The first-order valence-corrected chi connectivity index (χ1v) is 9.08. The van der Waals surface area contributed by atoms with E-state index in [1.54, 1.807) is 0 Å². The van der Waals surface area contributed by atoms with Gasteiger partial charge in [0.2, 0.25) is 5.91 Å². The van der Waals surface area contributed by atoms with Crippen LogP contribution in [0.3, 0.4) is 0 Å². The minimum Gasteiger partial charge on any atom is -0.335 e. The lowest BCUT2D eigenvalue weighted by molar-refractivity contribution is -0.133. The van der Waals surface area contributed by atoms with Crippen molar-refractivity contribution in [1.29, 1.82) is 0 Å². The quantitative estimate of drug-likeness (QED) is 0.905. The number of carbonyl (C=O) groups excluding carboxylic acids is 1. The van der Waals surface area contributed by atoms with E-state index in [0.29, 0.717) is 16.6 Å². The molecule has 2 aliphatic rings. The number of nitrogens with one attached hydrogen (secondary N) is 1. The molecule has 4 nitrogen and oxygen atoms in total. The van der Waals surface area contributed by atoms with E-state index < -0.39 is 0 Å². The molecule has 2 fully saturated rings. The van der Waals surface area contributed by atoms with Crippen LogP contribution in [0.5, 0.6) is 0 Å². The molecule has 3 rings (SSSR count). The summed E-state index contributed by atoms with van der Waals surface area (Å²) in [7, 11) is 0. The van der Waals surface area contributed by atoms with E-state index in [-0.39, 0.29) is 11.9 Å². The number of rotatable bonds is 3. The molecular weight excluding hydrogens is 333 g/mol. The molecule has 2 aliphatic heterocycles. The zero-order valence-corrected chi connectivity index (χ0v) is 14.7. The molecule has 1 aromatic carbocycles. The maximum Gasteiger partial charge on any atom is 0.237 e. The number of carbonyl (C=O) groups is 1. The predicted octanol–water partition coefficient (Wildman–Crippen LogP) is 2.95. The summed E-state index contributed by atoms with van der Waals surface area (Å²) < 4.78 is 0. The number of hydrogen-bond donors (Lipinski definition) is 1. The van der Waals surface area contributed by atoms with Crippen molar-refractivity contribution < 1.29 is 4.79 Å². The highest BCUT2D eigenvalue weighted by Crippen LogP contribution is 2.35. The average molecular weight is 356 g/mol. The number of likely N-dealkylation sites (tertiary alicyclic amines) is 1. The summed E-state index contributed by atoms with van der Waals surface area (Å²) in [5, 5.41) is 4.49. The van der Waals surface area contributed by atoms with Gasteiger partial charge in [-0.1, -0.05) is 29.3 Å². The third-order valence-corrected chi connectivity index (χ3v) is 5.43. The van der Waals surface area contributed by atoms with Gasteiger partial charge in [0.1, 0.15) is 0 Å². The zero-order chi connectivity index (χ0) is 16.2. The first kappa shape index (κ1) is 17.0. The van der Waals surface area contributed by atoms with E-state index in [2.05, 4.69) is 10.2 Å². The maximum absolute atomic E-state index is 12.8. The molecule has 2 heterocycles. The van der Waals surface area contributed by atoms with E-state index in [1.165, 1.54) is 0 Å². The lowest BCUT2D eigenvalue weighted by Crippen LogP contribution is -2.41. The summed E-state index contributed by atoms with van der Waals surface area (Å²) in [5.74, 6) is 0.223. The van der Waals surface area contributed by atoms with Gasteiger partial charge < -0.3 is 10.2 Å². The molecule has 1 N–H and O–H groups in total. The van der Waals surface area contributed by atoms with Gasteiger partial charge in [-0.15, -0.1) is 0 Å². The minimum absolute atomic E-state index is 0.127. The SMILES string of the molecule is O=C(CN1CCCNCC1)N1CCCC1c1ccc(Cl)c(Cl)c1. The molecular formula is C17H23Cl2N3O. The van der Waals surface area contributed by atoms with Crippen LogP contribution < -0.4 is 5.32 Å². The highest BCUT2D eigenvalue weighted by atomic mass is 35.5. The molecule has 6 heteroatoms. The number of halogens is 2. The van der Waals surface area contributed by atoms with Crippen LogP contribution in [-0.4, -0.2) is 55.0 Å². The molecule has 1 unspecified atom stereocenters. The third kappa shape index (κ3) is 4.18. The highest BCUT2D eigenvalue weighted by Gasteiger charge is 2.31. The molecule has 0 aromatic heterocycles. The standard InChI is InChI=1S/C17H23Cl2N3O/c18-14-5-4-13(11-15(14)19)16-3-1-9-22(16)17(23)12-21-8-2-6-20-7-10-21/h4-5,11,16,20H,1-3,6-10,12H2. The first-order valence-electron chi connectivity index (χ1n) is 8.32. The number of nitrogens with zero attached hydrogens (tertiary/aromatic N) is 2. The molecule has 1 amide bonds. The number of hydrogen-bond acceptors (Lipinski definition) is 3. The first-order chi connectivity index (χ1) is 11.1. The molecule has 0 bridgehead atoms. The highest BCUT2D eigenvalue weighted by molar-refractivity contribution is 6.42.